The number of amides is 2. The van der Waals surface area contributed by atoms with Gasteiger partial charge in [0.25, 0.3) is 11.8 Å². The van der Waals surface area contributed by atoms with Gasteiger partial charge < -0.3 is 5.32 Å². The van der Waals surface area contributed by atoms with Gasteiger partial charge in [0.1, 0.15) is 0 Å². The van der Waals surface area contributed by atoms with E-state index >= 15 is 0 Å². The number of nitrogens with one attached hydrogen (secondary N) is 1. The average molecular weight is 284 g/mol. The summed E-state index contributed by atoms with van der Waals surface area (Å²) >= 11 is 0. The number of nitrogens with zero attached hydrogens (tertiary/aromatic N) is 3. The van der Waals surface area contributed by atoms with Crippen LogP contribution in [-0.4, -0.2) is 33.5 Å². The number of aryl methyl sites for hydroxylation is 1. The Bertz CT molecular complexity index is 720. The van der Waals surface area contributed by atoms with Crippen molar-refractivity contribution in [1.82, 2.24) is 14.7 Å². The zero-order valence-electron chi connectivity index (χ0n) is 12.0. The van der Waals surface area contributed by atoms with Gasteiger partial charge in [-0.15, -0.1) is 0 Å². The fourth-order valence-corrected chi connectivity index (χ4v) is 2.46. The summed E-state index contributed by atoms with van der Waals surface area (Å²) < 4.78 is 1.91. The number of benzene rings is 1. The third-order valence-electron chi connectivity index (χ3n) is 3.67. The number of rotatable bonds is 4. The Morgan fingerprint density at radius 3 is 2.67 bits per heavy atom. The first-order valence-electron chi connectivity index (χ1n) is 6.82. The first-order chi connectivity index (χ1) is 10.1. The van der Waals surface area contributed by atoms with Crippen LogP contribution < -0.4 is 5.32 Å². The zero-order valence-corrected chi connectivity index (χ0v) is 12.0. The molecule has 1 aromatic heterocycles. The molecule has 0 aliphatic carbocycles. The lowest BCUT2D eigenvalue weighted by Gasteiger charge is -2.08. The summed E-state index contributed by atoms with van der Waals surface area (Å²) in [6, 6.07) is 7.19. The minimum Gasteiger partial charge on any atom is -0.379 e. The van der Waals surface area contributed by atoms with Gasteiger partial charge in [0, 0.05) is 25.5 Å². The van der Waals surface area contributed by atoms with Gasteiger partial charge >= 0.3 is 0 Å². The van der Waals surface area contributed by atoms with Crippen LogP contribution in [0.3, 0.4) is 0 Å². The van der Waals surface area contributed by atoms with Crippen LogP contribution in [0.4, 0.5) is 5.69 Å². The summed E-state index contributed by atoms with van der Waals surface area (Å²) in [4.78, 5) is 24.9. The molecular formula is C15H16N4O2. The Morgan fingerprint density at radius 1 is 1.14 bits per heavy atom. The Balaban J connectivity index is 1.80. The van der Waals surface area contributed by atoms with Crippen molar-refractivity contribution in [2.24, 2.45) is 0 Å². The quantitative estimate of drug-likeness (QED) is 0.868. The van der Waals surface area contributed by atoms with Crippen LogP contribution in [0.1, 0.15) is 33.3 Å². The summed E-state index contributed by atoms with van der Waals surface area (Å²) in [6.07, 6.45) is 1.76. The molecule has 3 rings (SSSR count). The fourth-order valence-electron chi connectivity index (χ4n) is 2.46. The highest BCUT2D eigenvalue weighted by molar-refractivity contribution is 6.21. The molecule has 6 nitrogen and oxygen atoms in total. The Hall–Kier alpha value is -2.63. The molecule has 0 saturated carbocycles. The van der Waals surface area contributed by atoms with Crippen molar-refractivity contribution >= 4 is 17.5 Å². The molecule has 0 saturated heterocycles. The average Bonchev–Trinajstić information content (AvgIpc) is 3.05. The standard InChI is InChI=1S/C15H16N4O2/c1-3-19-11(6-7-17-19)9-16-10-4-5-12-13(8-10)15(21)18(2)14(12)20/h4-8,16H,3,9H2,1-2H3. The number of imide groups is 1. The SMILES string of the molecule is CCn1nccc1CNc1ccc2c(c1)C(=O)N(C)C2=O. The molecule has 0 atom stereocenters. The maximum atomic E-state index is 12.0. The van der Waals surface area contributed by atoms with E-state index in [-0.39, 0.29) is 11.8 Å². The molecule has 2 amide bonds. The lowest BCUT2D eigenvalue weighted by Crippen LogP contribution is -2.24. The van der Waals surface area contributed by atoms with Gasteiger partial charge in [-0.1, -0.05) is 0 Å². The van der Waals surface area contributed by atoms with Gasteiger partial charge in [0.15, 0.2) is 0 Å². The van der Waals surface area contributed by atoms with Gasteiger partial charge in [-0.3, -0.25) is 19.2 Å². The maximum absolute atomic E-state index is 12.0. The van der Waals surface area contributed by atoms with Crippen molar-refractivity contribution < 1.29 is 9.59 Å². The zero-order chi connectivity index (χ0) is 15.0. The van der Waals surface area contributed by atoms with E-state index in [4.69, 9.17) is 0 Å². The topological polar surface area (TPSA) is 67.2 Å². The molecule has 0 fully saturated rings. The third-order valence-corrected chi connectivity index (χ3v) is 3.67. The van der Waals surface area contributed by atoms with Crippen LogP contribution in [0, 0.1) is 0 Å². The second kappa shape index (κ2) is 5.05. The van der Waals surface area contributed by atoms with E-state index < -0.39 is 0 Å². The van der Waals surface area contributed by atoms with E-state index in [1.165, 1.54) is 7.05 Å². The highest BCUT2D eigenvalue weighted by Crippen LogP contribution is 2.24. The van der Waals surface area contributed by atoms with Crippen molar-refractivity contribution in [2.75, 3.05) is 12.4 Å². The molecular weight excluding hydrogens is 268 g/mol. The Labute approximate surface area is 122 Å². The van der Waals surface area contributed by atoms with Crippen LogP contribution in [-0.2, 0) is 13.1 Å². The van der Waals surface area contributed by atoms with Crippen LogP contribution >= 0.6 is 0 Å². The van der Waals surface area contributed by atoms with Crippen molar-refractivity contribution in [1.29, 1.82) is 0 Å². The molecule has 21 heavy (non-hydrogen) atoms. The van der Waals surface area contributed by atoms with E-state index in [0.717, 1.165) is 22.8 Å². The van der Waals surface area contributed by atoms with Crippen molar-refractivity contribution in [3.8, 4) is 0 Å². The molecule has 0 unspecified atom stereocenters. The van der Waals surface area contributed by atoms with E-state index in [1.807, 2.05) is 23.7 Å². The van der Waals surface area contributed by atoms with Crippen LogP contribution in [0.5, 0.6) is 0 Å². The minimum atomic E-state index is -0.253. The first-order valence-corrected chi connectivity index (χ1v) is 6.82. The molecule has 108 valence electrons. The number of aromatic nitrogens is 2. The summed E-state index contributed by atoms with van der Waals surface area (Å²) in [6.45, 7) is 3.46. The molecule has 0 bridgehead atoms. The summed E-state index contributed by atoms with van der Waals surface area (Å²) in [5, 5.41) is 7.47. The van der Waals surface area contributed by atoms with Gasteiger partial charge in [-0.2, -0.15) is 5.10 Å². The summed E-state index contributed by atoms with van der Waals surface area (Å²) in [5.41, 5.74) is 2.80. The molecule has 6 heteroatoms. The largest absolute Gasteiger partial charge is 0.379 e. The molecule has 0 spiro atoms. The molecule has 2 aromatic rings. The number of carbonyl (C=O) groups is 2. The molecule has 1 aromatic carbocycles. The Morgan fingerprint density at radius 2 is 1.90 bits per heavy atom. The van der Waals surface area contributed by atoms with Crippen LogP contribution in [0.25, 0.3) is 0 Å². The summed E-state index contributed by atoms with van der Waals surface area (Å²) in [7, 11) is 1.50. The number of carbonyl (C=O) groups excluding carboxylic acids is 2. The normalized spacial score (nSPS) is 13.7. The smallest absolute Gasteiger partial charge is 0.261 e. The molecule has 1 aliphatic heterocycles. The number of anilines is 1. The van der Waals surface area contributed by atoms with Crippen molar-refractivity contribution in [3.63, 3.8) is 0 Å². The van der Waals surface area contributed by atoms with E-state index in [0.29, 0.717) is 17.7 Å². The molecule has 2 heterocycles. The van der Waals surface area contributed by atoms with Gasteiger partial charge in [-0.05, 0) is 31.2 Å². The first kappa shape index (κ1) is 13.4. The van der Waals surface area contributed by atoms with Gasteiger partial charge in [-0.25, -0.2) is 0 Å². The van der Waals surface area contributed by atoms with E-state index in [2.05, 4.69) is 10.4 Å². The van der Waals surface area contributed by atoms with E-state index in [1.54, 1.807) is 18.3 Å². The number of hydrogen-bond donors (Lipinski definition) is 1. The number of fused-ring (bicyclic) bond motifs is 1. The fraction of sp³-hybridized carbons (Fsp3) is 0.267. The van der Waals surface area contributed by atoms with Crippen molar-refractivity contribution in [2.45, 2.75) is 20.0 Å². The highest BCUT2D eigenvalue weighted by atomic mass is 16.2. The van der Waals surface area contributed by atoms with Crippen LogP contribution in [0.2, 0.25) is 0 Å². The maximum Gasteiger partial charge on any atom is 0.261 e. The van der Waals surface area contributed by atoms with E-state index in [9.17, 15) is 9.59 Å². The second-order valence-corrected chi connectivity index (χ2v) is 4.92. The Kier molecular flexibility index (Phi) is 3.21. The van der Waals surface area contributed by atoms with Crippen LogP contribution in [0.15, 0.2) is 30.5 Å². The molecule has 1 N–H and O–H groups in total. The summed E-state index contributed by atoms with van der Waals surface area (Å²) in [5.74, 6) is -0.497. The monoisotopic (exact) mass is 284 g/mol. The lowest BCUT2D eigenvalue weighted by atomic mass is 10.1. The number of hydrogen-bond acceptors (Lipinski definition) is 4. The molecule has 1 aliphatic rings. The van der Waals surface area contributed by atoms with Gasteiger partial charge in [0.05, 0.1) is 23.4 Å². The van der Waals surface area contributed by atoms with Crippen molar-refractivity contribution in [3.05, 3.63) is 47.3 Å². The predicted octanol–water partition coefficient (Wildman–Crippen LogP) is 1.74. The third kappa shape index (κ3) is 2.18. The van der Waals surface area contributed by atoms with Gasteiger partial charge in [0.2, 0.25) is 0 Å². The highest BCUT2D eigenvalue weighted by Gasteiger charge is 2.32. The second-order valence-electron chi connectivity index (χ2n) is 4.92. The molecule has 0 radical (unpaired) electrons. The predicted molar refractivity (Wildman–Crippen MR) is 78.1 cm³/mol. The minimum absolute atomic E-state index is 0.245. The lowest BCUT2D eigenvalue weighted by molar-refractivity contribution is 0.0693.